The van der Waals surface area contributed by atoms with Crippen LogP contribution in [0.3, 0.4) is 0 Å². The van der Waals surface area contributed by atoms with Gasteiger partial charge in [-0.3, -0.25) is 0 Å². The maximum Gasteiger partial charge on any atom is 0.0818 e. The summed E-state index contributed by atoms with van der Waals surface area (Å²) in [6, 6.07) is 0. The third-order valence-corrected chi connectivity index (χ3v) is 0.729. The molecule has 0 aromatic carbocycles. The fraction of sp³-hybridized carbons (Fsp3) is 0.143. The SMILES string of the molecule is C=C/C=C\C=C(/C)N=O. The standard InChI is InChI=1S/C7H9NO/c1-3-4-5-6-7(2)8-9/h3-6H,1H2,2H3/b5-4-,7-6+. The molecular formula is C7H9NO. The number of nitrogens with zero attached hydrogens (tertiary/aromatic N) is 1. The number of rotatable bonds is 3. The van der Waals surface area contributed by atoms with E-state index in [1.165, 1.54) is 0 Å². The normalized spacial score (nSPS) is 11.9. The van der Waals surface area contributed by atoms with Crippen molar-refractivity contribution in [1.82, 2.24) is 0 Å². The van der Waals surface area contributed by atoms with Gasteiger partial charge in [-0.1, -0.05) is 24.8 Å². The van der Waals surface area contributed by atoms with Gasteiger partial charge in [0.1, 0.15) is 0 Å². The molecule has 0 rings (SSSR count). The molecule has 0 radical (unpaired) electrons. The van der Waals surface area contributed by atoms with E-state index in [0.717, 1.165) is 0 Å². The van der Waals surface area contributed by atoms with Crippen LogP contribution in [0.2, 0.25) is 0 Å². The summed E-state index contributed by atoms with van der Waals surface area (Å²) in [5.74, 6) is 0. The van der Waals surface area contributed by atoms with Gasteiger partial charge in [-0.05, 0) is 18.2 Å². The molecule has 0 aliphatic carbocycles. The largest absolute Gasteiger partial charge is 0.145 e. The summed E-state index contributed by atoms with van der Waals surface area (Å²) in [6.07, 6.45) is 6.70. The Morgan fingerprint density at radius 3 is 2.67 bits per heavy atom. The molecule has 0 aliphatic heterocycles. The van der Waals surface area contributed by atoms with Gasteiger partial charge >= 0.3 is 0 Å². The summed E-state index contributed by atoms with van der Waals surface area (Å²) < 4.78 is 0. The zero-order chi connectivity index (χ0) is 7.11. The van der Waals surface area contributed by atoms with E-state index in [0.29, 0.717) is 5.70 Å². The van der Waals surface area contributed by atoms with Crippen molar-refractivity contribution in [2.45, 2.75) is 6.92 Å². The molecule has 0 aliphatic rings. The molecule has 0 amide bonds. The summed E-state index contributed by atoms with van der Waals surface area (Å²) in [4.78, 5) is 9.72. The lowest BCUT2D eigenvalue weighted by Gasteiger charge is -1.76. The molecule has 0 heterocycles. The summed E-state index contributed by atoms with van der Waals surface area (Å²) in [5, 5.41) is 2.69. The minimum absolute atomic E-state index is 0.466. The van der Waals surface area contributed by atoms with E-state index in [1.54, 1.807) is 31.2 Å². The minimum Gasteiger partial charge on any atom is -0.145 e. The highest BCUT2D eigenvalue weighted by molar-refractivity contribution is 5.12. The van der Waals surface area contributed by atoms with E-state index in [9.17, 15) is 4.91 Å². The van der Waals surface area contributed by atoms with Crippen LogP contribution in [-0.4, -0.2) is 0 Å². The van der Waals surface area contributed by atoms with E-state index in [2.05, 4.69) is 11.8 Å². The van der Waals surface area contributed by atoms with Gasteiger partial charge < -0.3 is 0 Å². The van der Waals surface area contributed by atoms with E-state index in [-0.39, 0.29) is 0 Å². The predicted molar refractivity (Wildman–Crippen MR) is 38.9 cm³/mol. The highest BCUT2D eigenvalue weighted by atomic mass is 16.3. The molecule has 0 saturated carbocycles. The van der Waals surface area contributed by atoms with Gasteiger partial charge in [-0.15, -0.1) is 4.91 Å². The highest BCUT2D eigenvalue weighted by Crippen LogP contribution is 1.92. The molecule has 2 nitrogen and oxygen atoms in total. The molecule has 0 saturated heterocycles. The Bertz CT molecular complexity index is 156. The van der Waals surface area contributed by atoms with Gasteiger partial charge in [0.05, 0.1) is 5.70 Å². The van der Waals surface area contributed by atoms with E-state index >= 15 is 0 Å². The van der Waals surface area contributed by atoms with Gasteiger partial charge in [0.25, 0.3) is 0 Å². The van der Waals surface area contributed by atoms with Crippen molar-refractivity contribution in [2.24, 2.45) is 5.18 Å². The first kappa shape index (κ1) is 7.82. The van der Waals surface area contributed by atoms with Gasteiger partial charge in [-0.2, -0.15) is 0 Å². The molecular weight excluding hydrogens is 114 g/mol. The first-order chi connectivity index (χ1) is 4.31. The van der Waals surface area contributed by atoms with Crippen molar-refractivity contribution >= 4 is 0 Å². The first-order valence-electron chi connectivity index (χ1n) is 2.60. The smallest absolute Gasteiger partial charge is 0.0818 e. The van der Waals surface area contributed by atoms with E-state index in [4.69, 9.17) is 0 Å². The zero-order valence-corrected chi connectivity index (χ0v) is 5.37. The molecule has 9 heavy (non-hydrogen) atoms. The number of nitroso groups, excluding NO2 is 1. The van der Waals surface area contributed by atoms with Crippen LogP contribution in [0.5, 0.6) is 0 Å². The molecule has 2 heteroatoms. The first-order valence-corrected chi connectivity index (χ1v) is 2.60. The Hall–Kier alpha value is -1.18. The molecule has 0 aromatic rings. The van der Waals surface area contributed by atoms with Crippen molar-refractivity contribution in [1.29, 1.82) is 0 Å². The summed E-state index contributed by atoms with van der Waals surface area (Å²) in [6.45, 7) is 5.10. The van der Waals surface area contributed by atoms with Crippen molar-refractivity contribution in [2.75, 3.05) is 0 Å². The van der Waals surface area contributed by atoms with Crippen molar-refractivity contribution in [3.8, 4) is 0 Å². The van der Waals surface area contributed by atoms with Crippen LogP contribution in [0.1, 0.15) is 6.92 Å². The van der Waals surface area contributed by atoms with Crippen LogP contribution >= 0.6 is 0 Å². The minimum atomic E-state index is 0.466. The maximum atomic E-state index is 9.72. The molecule has 0 aromatic heterocycles. The molecule has 0 N–H and O–H groups in total. The lowest BCUT2D eigenvalue weighted by molar-refractivity contribution is 1.29. The average Bonchev–Trinajstić information content (AvgIpc) is 1.89. The Morgan fingerprint density at radius 2 is 2.22 bits per heavy atom. The van der Waals surface area contributed by atoms with Crippen LogP contribution in [0, 0.1) is 4.91 Å². The van der Waals surface area contributed by atoms with Crippen LogP contribution in [0.25, 0.3) is 0 Å². The van der Waals surface area contributed by atoms with Crippen molar-refractivity contribution in [3.63, 3.8) is 0 Å². The monoisotopic (exact) mass is 123 g/mol. The third-order valence-electron chi connectivity index (χ3n) is 0.729. The second-order valence-corrected chi connectivity index (χ2v) is 1.52. The summed E-state index contributed by atoms with van der Waals surface area (Å²) in [7, 11) is 0. The van der Waals surface area contributed by atoms with Crippen molar-refractivity contribution < 1.29 is 0 Å². The van der Waals surface area contributed by atoms with E-state index < -0.39 is 0 Å². The molecule has 0 atom stereocenters. The second-order valence-electron chi connectivity index (χ2n) is 1.52. The molecule has 0 spiro atoms. The lowest BCUT2D eigenvalue weighted by Crippen LogP contribution is -1.60. The fourth-order valence-corrected chi connectivity index (χ4v) is 0.304. The predicted octanol–water partition coefficient (Wildman–Crippen LogP) is 2.40. The number of hydrogen-bond donors (Lipinski definition) is 0. The molecule has 0 bridgehead atoms. The quantitative estimate of drug-likeness (QED) is 0.418. The number of allylic oxidation sites excluding steroid dienone is 5. The number of hydrogen-bond acceptors (Lipinski definition) is 2. The average molecular weight is 123 g/mol. The lowest BCUT2D eigenvalue weighted by atomic mass is 10.4. The van der Waals surface area contributed by atoms with Gasteiger partial charge in [-0.25, -0.2) is 0 Å². The fourth-order valence-electron chi connectivity index (χ4n) is 0.304. The maximum absolute atomic E-state index is 9.72. The molecule has 0 unspecified atom stereocenters. The van der Waals surface area contributed by atoms with Crippen LogP contribution in [-0.2, 0) is 0 Å². The summed E-state index contributed by atoms with van der Waals surface area (Å²) in [5.41, 5.74) is 0.466. The van der Waals surface area contributed by atoms with E-state index in [1.807, 2.05) is 0 Å². The highest BCUT2D eigenvalue weighted by Gasteiger charge is 1.76. The Labute approximate surface area is 54.6 Å². The Morgan fingerprint density at radius 1 is 1.56 bits per heavy atom. The van der Waals surface area contributed by atoms with Gasteiger partial charge in [0.2, 0.25) is 0 Å². The Balaban J connectivity index is 3.81. The molecule has 0 fully saturated rings. The third kappa shape index (κ3) is 4.68. The van der Waals surface area contributed by atoms with Crippen molar-refractivity contribution in [3.05, 3.63) is 41.5 Å². The van der Waals surface area contributed by atoms with Crippen LogP contribution in [0.15, 0.2) is 41.8 Å². The van der Waals surface area contributed by atoms with Crippen LogP contribution in [0.4, 0.5) is 0 Å². The summed E-state index contributed by atoms with van der Waals surface area (Å²) >= 11 is 0. The van der Waals surface area contributed by atoms with Crippen LogP contribution < -0.4 is 0 Å². The second kappa shape index (κ2) is 4.97. The van der Waals surface area contributed by atoms with Gasteiger partial charge in [0, 0.05) is 0 Å². The molecule has 48 valence electrons. The zero-order valence-electron chi connectivity index (χ0n) is 5.37. The van der Waals surface area contributed by atoms with Gasteiger partial charge in [0.15, 0.2) is 0 Å². The Kier molecular flexibility index (Phi) is 4.32. The topological polar surface area (TPSA) is 29.4 Å².